The average molecular weight is 383 g/mol. The molecule has 110 valence electrons. The Labute approximate surface area is 146 Å². The number of hydrogen-bond donors (Lipinski definition) is 0. The molecule has 23 heavy (non-hydrogen) atoms. The molecule has 0 saturated carbocycles. The molecule has 1 heterocycles. The van der Waals surface area contributed by atoms with Crippen molar-refractivity contribution in [3.8, 4) is 17.2 Å². The highest BCUT2D eigenvalue weighted by molar-refractivity contribution is 9.10. The Hall–Kier alpha value is -2.28. The van der Waals surface area contributed by atoms with Crippen LogP contribution in [0.1, 0.15) is 5.56 Å². The normalized spacial score (nSPS) is 11.0. The summed E-state index contributed by atoms with van der Waals surface area (Å²) in [4.78, 5) is 0. The van der Waals surface area contributed by atoms with Gasteiger partial charge < -0.3 is 4.42 Å². The maximum atomic E-state index is 9.45. The Morgan fingerprint density at radius 2 is 1.74 bits per heavy atom. The molecule has 0 bridgehead atoms. The van der Waals surface area contributed by atoms with Gasteiger partial charge >= 0.3 is 0 Å². The first-order chi connectivity index (χ1) is 11.2. The molecule has 0 aliphatic carbocycles. The Morgan fingerprint density at radius 3 is 2.57 bits per heavy atom. The van der Waals surface area contributed by atoms with E-state index in [2.05, 4.69) is 22.0 Å². The number of nitrogens with zero attached hydrogens (tertiary/aromatic N) is 1. The molecule has 0 amide bonds. The molecule has 4 rings (SSSR count). The summed E-state index contributed by atoms with van der Waals surface area (Å²) < 4.78 is 6.54. The van der Waals surface area contributed by atoms with E-state index < -0.39 is 0 Å². The molecule has 0 N–H and O–H groups in total. The zero-order chi connectivity index (χ0) is 16.0. The first-order valence-corrected chi connectivity index (χ1v) is 8.15. The highest BCUT2D eigenvalue weighted by atomic mass is 79.9. The van der Waals surface area contributed by atoms with E-state index in [4.69, 9.17) is 16.0 Å². The van der Waals surface area contributed by atoms with E-state index >= 15 is 0 Å². The van der Waals surface area contributed by atoms with E-state index in [1.54, 1.807) is 6.07 Å². The highest BCUT2D eigenvalue weighted by Gasteiger charge is 2.13. The zero-order valence-electron chi connectivity index (χ0n) is 11.8. The molecule has 2 nitrogen and oxygen atoms in total. The zero-order valence-corrected chi connectivity index (χ0v) is 14.1. The molecule has 0 atom stereocenters. The third-order valence-electron chi connectivity index (χ3n) is 3.85. The van der Waals surface area contributed by atoms with Gasteiger partial charge in [0.05, 0.1) is 5.56 Å². The predicted octanol–water partition coefficient (Wildman–Crippen LogP) is 6.54. The molecule has 1 aromatic heterocycles. The van der Waals surface area contributed by atoms with Crippen molar-refractivity contribution < 1.29 is 4.42 Å². The van der Waals surface area contributed by atoms with Crippen molar-refractivity contribution in [2.24, 2.45) is 0 Å². The first-order valence-electron chi connectivity index (χ1n) is 6.98. The molecular weight excluding hydrogens is 374 g/mol. The summed E-state index contributed by atoms with van der Waals surface area (Å²) in [5, 5.41) is 12.1. The lowest BCUT2D eigenvalue weighted by Gasteiger charge is -2.07. The number of furan rings is 1. The van der Waals surface area contributed by atoms with E-state index in [-0.39, 0.29) is 0 Å². The van der Waals surface area contributed by atoms with Gasteiger partial charge in [0, 0.05) is 25.8 Å². The molecule has 4 aromatic rings. The fraction of sp³-hybridized carbons (Fsp3) is 0. The Kier molecular flexibility index (Phi) is 3.37. The minimum absolute atomic E-state index is 0.571. The SMILES string of the molecule is N#Cc1c(Br)cc(Cl)cc1-c1ccc2oc3ccccc3c2c1. The summed E-state index contributed by atoms with van der Waals surface area (Å²) in [7, 11) is 0. The maximum absolute atomic E-state index is 9.45. The molecule has 0 radical (unpaired) electrons. The summed E-state index contributed by atoms with van der Waals surface area (Å²) in [6.45, 7) is 0. The number of fused-ring (bicyclic) bond motifs is 3. The summed E-state index contributed by atoms with van der Waals surface area (Å²) in [5.74, 6) is 0. The monoisotopic (exact) mass is 381 g/mol. The summed E-state index contributed by atoms with van der Waals surface area (Å²) in [6.07, 6.45) is 0. The van der Waals surface area contributed by atoms with E-state index in [1.165, 1.54) is 0 Å². The first kappa shape index (κ1) is 14.3. The summed E-state index contributed by atoms with van der Waals surface area (Å²) in [6, 6.07) is 19.6. The van der Waals surface area contributed by atoms with Crippen LogP contribution in [0.5, 0.6) is 0 Å². The van der Waals surface area contributed by atoms with E-state index in [1.807, 2.05) is 48.5 Å². The number of rotatable bonds is 1. The average Bonchev–Trinajstić information content (AvgIpc) is 2.92. The molecule has 0 spiro atoms. The van der Waals surface area contributed by atoms with E-state index in [9.17, 15) is 5.26 Å². The van der Waals surface area contributed by atoms with E-state index in [0.717, 1.165) is 33.1 Å². The fourth-order valence-electron chi connectivity index (χ4n) is 2.81. The van der Waals surface area contributed by atoms with Crippen LogP contribution in [0.15, 0.2) is 63.5 Å². The molecule has 4 heteroatoms. The predicted molar refractivity (Wildman–Crippen MR) is 96.6 cm³/mol. The van der Waals surface area contributed by atoms with Crippen LogP contribution < -0.4 is 0 Å². The van der Waals surface area contributed by atoms with Crippen molar-refractivity contribution in [2.75, 3.05) is 0 Å². The number of halogens is 2. The van der Waals surface area contributed by atoms with Crippen molar-refractivity contribution in [3.63, 3.8) is 0 Å². The van der Waals surface area contributed by atoms with Crippen LogP contribution in [-0.4, -0.2) is 0 Å². The van der Waals surface area contributed by atoms with Crippen LogP contribution in [0.25, 0.3) is 33.1 Å². The van der Waals surface area contributed by atoms with Crippen molar-refractivity contribution in [2.45, 2.75) is 0 Å². The van der Waals surface area contributed by atoms with Crippen LogP contribution in [0, 0.1) is 11.3 Å². The van der Waals surface area contributed by atoms with Gasteiger partial charge in [-0.1, -0.05) is 35.9 Å². The van der Waals surface area contributed by atoms with Gasteiger partial charge in [0.15, 0.2) is 0 Å². The van der Waals surface area contributed by atoms with Crippen LogP contribution in [0.4, 0.5) is 0 Å². The largest absolute Gasteiger partial charge is 0.456 e. The lowest BCUT2D eigenvalue weighted by molar-refractivity contribution is 0.669. The second-order valence-corrected chi connectivity index (χ2v) is 6.52. The topological polar surface area (TPSA) is 36.9 Å². The van der Waals surface area contributed by atoms with Crippen LogP contribution in [0.3, 0.4) is 0 Å². The molecule has 0 unspecified atom stereocenters. The standard InChI is InChI=1S/C19H9BrClNO/c20-17-9-12(21)8-14(16(17)10-22)11-5-6-19-15(7-11)13-3-1-2-4-18(13)23-19/h1-9H. The smallest absolute Gasteiger partial charge is 0.135 e. The number of nitriles is 1. The quantitative estimate of drug-likeness (QED) is 0.375. The van der Waals surface area contributed by atoms with Crippen molar-refractivity contribution >= 4 is 49.5 Å². The molecule has 3 aromatic carbocycles. The number of benzene rings is 3. The van der Waals surface area contributed by atoms with Crippen molar-refractivity contribution in [1.82, 2.24) is 0 Å². The highest BCUT2D eigenvalue weighted by Crippen LogP contribution is 2.36. The van der Waals surface area contributed by atoms with Crippen LogP contribution in [0.2, 0.25) is 5.02 Å². The van der Waals surface area contributed by atoms with Gasteiger partial charge in [-0.3, -0.25) is 0 Å². The molecule has 0 fully saturated rings. The van der Waals surface area contributed by atoms with E-state index in [0.29, 0.717) is 15.1 Å². The Morgan fingerprint density at radius 1 is 0.957 bits per heavy atom. The number of para-hydroxylation sites is 1. The molecule has 0 aliphatic rings. The van der Waals surface area contributed by atoms with Gasteiger partial charge in [-0.05, 0) is 51.8 Å². The molecule has 0 saturated heterocycles. The Balaban J connectivity index is 2.04. The van der Waals surface area contributed by atoms with Gasteiger partial charge in [-0.15, -0.1) is 0 Å². The lowest BCUT2D eigenvalue weighted by Crippen LogP contribution is -1.87. The summed E-state index contributed by atoms with van der Waals surface area (Å²) >= 11 is 9.58. The second-order valence-electron chi connectivity index (χ2n) is 5.23. The minimum atomic E-state index is 0.571. The van der Waals surface area contributed by atoms with Crippen LogP contribution >= 0.6 is 27.5 Å². The van der Waals surface area contributed by atoms with Gasteiger partial charge in [-0.25, -0.2) is 0 Å². The minimum Gasteiger partial charge on any atom is -0.456 e. The lowest BCUT2D eigenvalue weighted by atomic mass is 9.98. The molecule has 0 aliphatic heterocycles. The van der Waals surface area contributed by atoms with Crippen molar-refractivity contribution in [3.05, 3.63) is 69.7 Å². The third kappa shape index (κ3) is 2.31. The molecular formula is C19H9BrClNO. The van der Waals surface area contributed by atoms with Crippen molar-refractivity contribution in [1.29, 1.82) is 5.26 Å². The fourth-order valence-corrected chi connectivity index (χ4v) is 3.71. The van der Waals surface area contributed by atoms with Crippen LogP contribution in [-0.2, 0) is 0 Å². The summed E-state index contributed by atoms with van der Waals surface area (Å²) in [5.41, 5.74) is 3.99. The second kappa shape index (κ2) is 5.42. The maximum Gasteiger partial charge on any atom is 0.135 e. The Bertz CT molecular complexity index is 1110. The number of hydrogen-bond acceptors (Lipinski definition) is 2. The van der Waals surface area contributed by atoms with Gasteiger partial charge in [0.2, 0.25) is 0 Å². The third-order valence-corrected chi connectivity index (χ3v) is 4.70. The van der Waals surface area contributed by atoms with Gasteiger partial charge in [-0.2, -0.15) is 5.26 Å². The van der Waals surface area contributed by atoms with Gasteiger partial charge in [0.1, 0.15) is 17.2 Å². The van der Waals surface area contributed by atoms with Gasteiger partial charge in [0.25, 0.3) is 0 Å².